The molecule has 0 heterocycles. The lowest BCUT2D eigenvalue weighted by Gasteiger charge is -2.10. The summed E-state index contributed by atoms with van der Waals surface area (Å²) in [6.07, 6.45) is 6.85. The maximum atomic E-state index is 10.6. The lowest BCUT2D eigenvalue weighted by atomic mass is 9.95. The van der Waals surface area contributed by atoms with Gasteiger partial charge in [0.05, 0.1) is 5.92 Å². The highest BCUT2D eigenvalue weighted by molar-refractivity contribution is 5.69. The minimum absolute atomic E-state index is 0.224. The second-order valence-corrected chi connectivity index (χ2v) is 4.41. The number of rotatable bonds is 7. The van der Waals surface area contributed by atoms with E-state index in [1.54, 1.807) is 6.92 Å². The number of carboxylic acids is 1. The Morgan fingerprint density at radius 2 is 2.00 bits per heavy atom. The number of carbonyl (C=O) groups is 1. The SMILES string of the molecule is C=C(C)/C=C/CC(C)CCC(C)C(=O)O. The van der Waals surface area contributed by atoms with Crippen LogP contribution in [0.1, 0.15) is 40.0 Å². The number of hydrogen-bond donors (Lipinski definition) is 1. The van der Waals surface area contributed by atoms with E-state index in [4.69, 9.17) is 5.11 Å². The second kappa shape index (κ2) is 7.27. The first-order valence-corrected chi connectivity index (χ1v) is 5.48. The van der Waals surface area contributed by atoms with E-state index in [9.17, 15) is 4.79 Å². The summed E-state index contributed by atoms with van der Waals surface area (Å²) < 4.78 is 0. The predicted molar refractivity (Wildman–Crippen MR) is 63.8 cm³/mol. The van der Waals surface area contributed by atoms with Crippen LogP contribution in [-0.2, 0) is 4.79 Å². The van der Waals surface area contributed by atoms with Gasteiger partial charge in [0.25, 0.3) is 0 Å². The van der Waals surface area contributed by atoms with Crippen molar-refractivity contribution in [3.63, 3.8) is 0 Å². The van der Waals surface area contributed by atoms with Gasteiger partial charge in [-0.25, -0.2) is 0 Å². The molecule has 0 spiro atoms. The Kier molecular flexibility index (Phi) is 6.76. The lowest BCUT2D eigenvalue weighted by molar-refractivity contribution is -0.141. The smallest absolute Gasteiger partial charge is 0.306 e. The highest BCUT2D eigenvalue weighted by Gasteiger charge is 2.11. The molecule has 0 saturated carbocycles. The third kappa shape index (κ3) is 7.98. The number of carboxylic acid groups (broad SMARTS) is 1. The van der Waals surface area contributed by atoms with Gasteiger partial charge in [-0.3, -0.25) is 4.79 Å². The fourth-order valence-corrected chi connectivity index (χ4v) is 1.28. The zero-order valence-corrected chi connectivity index (χ0v) is 9.99. The molecule has 1 N–H and O–H groups in total. The Bertz CT molecular complexity index is 241. The predicted octanol–water partition coefficient (Wildman–Crippen LogP) is 3.65. The first-order valence-electron chi connectivity index (χ1n) is 5.48. The van der Waals surface area contributed by atoms with Gasteiger partial charge in [-0.15, -0.1) is 0 Å². The van der Waals surface area contributed by atoms with Crippen LogP contribution in [0.25, 0.3) is 0 Å². The molecule has 0 aromatic heterocycles. The summed E-state index contributed by atoms with van der Waals surface area (Å²) in [5.74, 6) is -0.375. The average Bonchev–Trinajstić information content (AvgIpc) is 2.13. The molecule has 0 amide bonds. The third-order valence-electron chi connectivity index (χ3n) is 2.45. The van der Waals surface area contributed by atoms with Gasteiger partial charge in [0.2, 0.25) is 0 Å². The van der Waals surface area contributed by atoms with Crippen molar-refractivity contribution in [2.75, 3.05) is 0 Å². The Hall–Kier alpha value is -1.05. The fourth-order valence-electron chi connectivity index (χ4n) is 1.28. The van der Waals surface area contributed by atoms with Crippen molar-refractivity contribution in [1.29, 1.82) is 0 Å². The van der Waals surface area contributed by atoms with Crippen LogP contribution in [0.2, 0.25) is 0 Å². The van der Waals surface area contributed by atoms with Crippen LogP contribution >= 0.6 is 0 Å². The first kappa shape index (κ1) is 13.9. The van der Waals surface area contributed by atoms with Crippen molar-refractivity contribution in [2.45, 2.75) is 40.0 Å². The van der Waals surface area contributed by atoms with E-state index < -0.39 is 5.97 Å². The highest BCUT2D eigenvalue weighted by Crippen LogP contribution is 2.16. The maximum Gasteiger partial charge on any atom is 0.306 e. The Morgan fingerprint density at radius 1 is 1.40 bits per heavy atom. The largest absolute Gasteiger partial charge is 0.481 e. The summed E-state index contributed by atoms with van der Waals surface area (Å²) in [6.45, 7) is 9.66. The molecule has 0 aromatic rings. The summed E-state index contributed by atoms with van der Waals surface area (Å²) in [7, 11) is 0. The molecule has 0 aromatic carbocycles. The number of allylic oxidation sites excluding steroid dienone is 3. The maximum absolute atomic E-state index is 10.6. The minimum Gasteiger partial charge on any atom is -0.481 e. The minimum atomic E-state index is -0.695. The summed E-state index contributed by atoms with van der Waals surface area (Å²) in [4.78, 5) is 10.6. The van der Waals surface area contributed by atoms with E-state index >= 15 is 0 Å². The molecule has 0 fully saturated rings. The summed E-state index contributed by atoms with van der Waals surface area (Å²) >= 11 is 0. The van der Waals surface area contributed by atoms with Crippen molar-refractivity contribution in [3.8, 4) is 0 Å². The first-order chi connectivity index (χ1) is 6.93. The standard InChI is InChI=1S/C13H22O2/c1-10(2)6-5-7-11(3)8-9-12(4)13(14)15/h5-6,11-12H,1,7-9H2,2-4H3,(H,14,15)/b6-5+. The zero-order valence-electron chi connectivity index (χ0n) is 9.99. The van der Waals surface area contributed by atoms with E-state index in [1.807, 2.05) is 13.0 Å². The molecule has 0 rings (SSSR count). The lowest BCUT2D eigenvalue weighted by Crippen LogP contribution is -2.10. The molecule has 2 unspecified atom stereocenters. The molecule has 0 aliphatic rings. The average molecular weight is 210 g/mol. The molecular weight excluding hydrogens is 188 g/mol. The molecule has 0 aliphatic carbocycles. The van der Waals surface area contributed by atoms with Crippen molar-refractivity contribution >= 4 is 5.97 Å². The van der Waals surface area contributed by atoms with Crippen LogP contribution in [0.15, 0.2) is 24.3 Å². The molecule has 0 bridgehead atoms. The topological polar surface area (TPSA) is 37.3 Å². The van der Waals surface area contributed by atoms with Crippen molar-refractivity contribution < 1.29 is 9.90 Å². The third-order valence-corrected chi connectivity index (χ3v) is 2.45. The van der Waals surface area contributed by atoms with Crippen molar-refractivity contribution in [2.24, 2.45) is 11.8 Å². The zero-order chi connectivity index (χ0) is 11.8. The van der Waals surface area contributed by atoms with Gasteiger partial charge >= 0.3 is 5.97 Å². The molecule has 2 atom stereocenters. The van der Waals surface area contributed by atoms with E-state index in [0.29, 0.717) is 5.92 Å². The summed E-state index contributed by atoms with van der Waals surface area (Å²) in [5.41, 5.74) is 1.06. The summed E-state index contributed by atoms with van der Waals surface area (Å²) in [5, 5.41) is 8.72. The molecule has 0 saturated heterocycles. The number of aliphatic carboxylic acids is 1. The molecule has 2 heteroatoms. The second-order valence-electron chi connectivity index (χ2n) is 4.41. The molecule has 86 valence electrons. The van der Waals surface area contributed by atoms with E-state index in [1.165, 1.54) is 0 Å². The van der Waals surface area contributed by atoms with Gasteiger partial charge in [-0.05, 0) is 32.1 Å². The van der Waals surface area contributed by atoms with E-state index in [2.05, 4.69) is 19.6 Å². The van der Waals surface area contributed by atoms with E-state index in [-0.39, 0.29) is 5.92 Å². The van der Waals surface area contributed by atoms with Gasteiger partial charge in [0.15, 0.2) is 0 Å². The monoisotopic (exact) mass is 210 g/mol. The van der Waals surface area contributed by atoms with E-state index in [0.717, 1.165) is 24.8 Å². The highest BCUT2D eigenvalue weighted by atomic mass is 16.4. The quantitative estimate of drug-likeness (QED) is 0.651. The molecule has 0 radical (unpaired) electrons. The van der Waals surface area contributed by atoms with Crippen LogP contribution in [0.3, 0.4) is 0 Å². The molecule has 15 heavy (non-hydrogen) atoms. The normalized spacial score (nSPS) is 15.1. The van der Waals surface area contributed by atoms with Crippen LogP contribution < -0.4 is 0 Å². The van der Waals surface area contributed by atoms with Crippen LogP contribution in [0, 0.1) is 11.8 Å². The van der Waals surface area contributed by atoms with Crippen LogP contribution in [0.5, 0.6) is 0 Å². The van der Waals surface area contributed by atoms with Gasteiger partial charge < -0.3 is 5.11 Å². The summed E-state index contributed by atoms with van der Waals surface area (Å²) in [6, 6.07) is 0. The fraction of sp³-hybridized carbons (Fsp3) is 0.615. The Morgan fingerprint density at radius 3 is 2.47 bits per heavy atom. The van der Waals surface area contributed by atoms with Gasteiger partial charge in [-0.2, -0.15) is 0 Å². The van der Waals surface area contributed by atoms with Crippen molar-refractivity contribution in [1.82, 2.24) is 0 Å². The molecule has 2 nitrogen and oxygen atoms in total. The molecular formula is C13H22O2. The molecule has 0 aliphatic heterocycles. The van der Waals surface area contributed by atoms with Gasteiger partial charge in [-0.1, -0.05) is 38.2 Å². The Labute approximate surface area is 92.7 Å². The van der Waals surface area contributed by atoms with Gasteiger partial charge in [0.1, 0.15) is 0 Å². The van der Waals surface area contributed by atoms with Crippen molar-refractivity contribution in [3.05, 3.63) is 24.3 Å². The number of hydrogen-bond acceptors (Lipinski definition) is 1. The van der Waals surface area contributed by atoms with Crippen LogP contribution in [0.4, 0.5) is 0 Å². The van der Waals surface area contributed by atoms with Crippen LogP contribution in [-0.4, -0.2) is 11.1 Å². The van der Waals surface area contributed by atoms with Gasteiger partial charge in [0, 0.05) is 0 Å². The Balaban J connectivity index is 3.70.